The molecule has 1 aromatic heterocycles. The molecule has 206 valence electrons. The highest BCUT2D eigenvalue weighted by Crippen LogP contribution is 2.33. The van der Waals surface area contributed by atoms with Crippen LogP contribution in [0, 0.1) is 5.92 Å². The van der Waals surface area contributed by atoms with Crippen LogP contribution in [0.3, 0.4) is 0 Å². The molecule has 7 nitrogen and oxygen atoms in total. The third-order valence-corrected chi connectivity index (χ3v) is 10.4. The Balaban J connectivity index is 1.15. The van der Waals surface area contributed by atoms with Gasteiger partial charge in [0.25, 0.3) is 0 Å². The van der Waals surface area contributed by atoms with Gasteiger partial charge in [0.1, 0.15) is 0 Å². The Bertz CT molecular complexity index is 1630. The molecule has 40 heavy (non-hydrogen) atoms. The predicted molar refractivity (Wildman–Crippen MR) is 162 cm³/mol. The van der Waals surface area contributed by atoms with E-state index in [9.17, 15) is 13.2 Å². The second-order valence-electron chi connectivity index (χ2n) is 10.4. The van der Waals surface area contributed by atoms with Crippen LogP contribution < -0.4 is 4.90 Å². The fraction of sp³-hybridized carbons (Fsp3) is 0.290. The van der Waals surface area contributed by atoms with E-state index in [1.54, 1.807) is 12.1 Å². The van der Waals surface area contributed by atoms with Gasteiger partial charge in [-0.05, 0) is 48.7 Å². The van der Waals surface area contributed by atoms with Crippen molar-refractivity contribution in [2.24, 2.45) is 5.92 Å². The normalized spacial score (nSPS) is 18.7. The number of hydrogen-bond donors (Lipinski definition) is 0. The van der Waals surface area contributed by atoms with Gasteiger partial charge in [-0.1, -0.05) is 64.5 Å². The first kappa shape index (κ1) is 26.9. The topological polar surface area (TPSA) is 73.8 Å². The highest BCUT2D eigenvalue weighted by atomic mass is 79.9. The van der Waals surface area contributed by atoms with Gasteiger partial charge in [0, 0.05) is 66.6 Å². The Morgan fingerprint density at radius 2 is 1.57 bits per heavy atom. The van der Waals surface area contributed by atoms with Crippen LogP contribution in [0.15, 0.2) is 94.4 Å². The average Bonchev–Trinajstić information content (AvgIpc) is 3.01. The number of nitrogens with zero attached hydrogens (tertiary/aromatic N) is 4. The number of amides is 1. The minimum Gasteiger partial charge on any atom is -0.367 e. The Morgan fingerprint density at radius 3 is 2.38 bits per heavy atom. The van der Waals surface area contributed by atoms with Crippen molar-refractivity contribution in [3.63, 3.8) is 0 Å². The largest absolute Gasteiger partial charge is 0.367 e. The maximum atomic E-state index is 13.9. The van der Waals surface area contributed by atoms with E-state index in [4.69, 9.17) is 0 Å². The maximum absolute atomic E-state index is 13.9. The molecule has 2 aliphatic heterocycles. The van der Waals surface area contributed by atoms with Gasteiger partial charge >= 0.3 is 0 Å². The lowest BCUT2D eigenvalue weighted by atomic mass is 9.97. The number of carbonyl (C=O) groups excluding carboxylic acids is 1. The Labute approximate surface area is 243 Å². The first-order chi connectivity index (χ1) is 19.4. The van der Waals surface area contributed by atoms with Gasteiger partial charge in [-0.15, -0.1) is 0 Å². The van der Waals surface area contributed by atoms with E-state index in [1.165, 1.54) is 4.31 Å². The molecule has 2 fully saturated rings. The van der Waals surface area contributed by atoms with E-state index >= 15 is 0 Å². The quantitative estimate of drug-likeness (QED) is 0.299. The summed E-state index contributed by atoms with van der Waals surface area (Å²) in [4.78, 5) is 22.6. The summed E-state index contributed by atoms with van der Waals surface area (Å²) in [7, 11) is -3.78. The van der Waals surface area contributed by atoms with Crippen LogP contribution in [0.1, 0.15) is 12.8 Å². The fourth-order valence-electron chi connectivity index (χ4n) is 5.84. The highest BCUT2D eigenvalue weighted by molar-refractivity contribution is 9.10. The number of benzene rings is 3. The summed E-state index contributed by atoms with van der Waals surface area (Å²) in [6, 6.07) is 24.9. The standard InChI is InChI=1S/C31H31BrN4O3S/c32-25-13-11-23(12-14-25)26-7-2-4-10-30(26)40(38,39)36-17-5-6-24(22-36)31(37)35-20-18-34(19-21-35)29-15-16-33-28-9-3-1-8-27(28)29/h1-4,7-16,24H,5-6,17-22H2. The third-order valence-electron chi connectivity index (χ3n) is 7.95. The summed E-state index contributed by atoms with van der Waals surface area (Å²) >= 11 is 3.45. The van der Waals surface area contributed by atoms with Crippen molar-refractivity contribution < 1.29 is 13.2 Å². The van der Waals surface area contributed by atoms with E-state index in [0.29, 0.717) is 38.0 Å². The fourth-order valence-corrected chi connectivity index (χ4v) is 7.85. The summed E-state index contributed by atoms with van der Waals surface area (Å²) in [6.07, 6.45) is 3.20. The van der Waals surface area contributed by atoms with Gasteiger partial charge in [0.05, 0.1) is 16.3 Å². The minimum absolute atomic E-state index is 0.0559. The summed E-state index contributed by atoms with van der Waals surface area (Å²) in [5.74, 6) is -0.281. The third kappa shape index (κ3) is 5.25. The number of fused-ring (bicyclic) bond motifs is 1. The summed E-state index contributed by atoms with van der Waals surface area (Å²) < 4.78 is 30.2. The molecule has 3 aromatic carbocycles. The van der Waals surface area contributed by atoms with Crippen LogP contribution in [0.25, 0.3) is 22.0 Å². The lowest BCUT2D eigenvalue weighted by Crippen LogP contribution is -2.53. The van der Waals surface area contributed by atoms with Crippen molar-refractivity contribution >= 4 is 48.5 Å². The maximum Gasteiger partial charge on any atom is 0.243 e. The first-order valence-corrected chi connectivity index (χ1v) is 15.9. The molecule has 1 amide bonds. The summed E-state index contributed by atoms with van der Waals surface area (Å²) in [5, 5.41) is 1.11. The predicted octanol–water partition coefficient (Wildman–Crippen LogP) is 5.41. The number of piperazine rings is 1. The van der Waals surface area contributed by atoms with Crippen molar-refractivity contribution in [2.45, 2.75) is 17.7 Å². The van der Waals surface area contributed by atoms with Gasteiger partial charge < -0.3 is 9.80 Å². The molecular formula is C31H31BrN4O3S. The van der Waals surface area contributed by atoms with Crippen molar-refractivity contribution in [1.82, 2.24) is 14.2 Å². The lowest BCUT2D eigenvalue weighted by Gasteiger charge is -2.39. The van der Waals surface area contributed by atoms with Gasteiger partial charge in [0.2, 0.25) is 15.9 Å². The monoisotopic (exact) mass is 618 g/mol. The number of pyridine rings is 1. The number of aromatic nitrogens is 1. The van der Waals surface area contributed by atoms with Crippen molar-refractivity contribution in [3.05, 3.63) is 89.5 Å². The summed E-state index contributed by atoms with van der Waals surface area (Å²) in [6.45, 7) is 3.33. The molecule has 0 radical (unpaired) electrons. The van der Waals surface area contributed by atoms with Crippen molar-refractivity contribution in [3.8, 4) is 11.1 Å². The Kier molecular flexibility index (Phi) is 7.61. The van der Waals surface area contributed by atoms with Gasteiger partial charge in [-0.25, -0.2) is 8.42 Å². The number of hydrogen-bond acceptors (Lipinski definition) is 5. The average molecular weight is 620 g/mol. The molecule has 0 aliphatic carbocycles. The number of para-hydroxylation sites is 1. The molecule has 1 unspecified atom stereocenters. The van der Waals surface area contributed by atoms with Crippen LogP contribution >= 0.6 is 15.9 Å². The molecule has 0 spiro atoms. The number of anilines is 1. The van der Waals surface area contributed by atoms with Crippen LogP contribution in [-0.4, -0.2) is 67.8 Å². The minimum atomic E-state index is -3.78. The lowest BCUT2D eigenvalue weighted by molar-refractivity contribution is -0.137. The number of rotatable bonds is 5. The molecule has 6 rings (SSSR count). The van der Waals surface area contributed by atoms with Crippen molar-refractivity contribution in [1.29, 1.82) is 0 Å². The molecule has 3 heterocycles. The molecule has 0 N–H and O–H groups in total. The second-order valence-corrected chi connectivity index (χ2v) is 13.2. The highest BCUT2D eigenvalue weighted by Gasteiger charge is 2.36. The first-order valence-electron chi connectivity index (χ1n) is 13.6. The van der Waals surface area contributed by atoms with Gasteiger partial charge in [-0.2, -0.15) is 4.31 Å². The van der Waals surface area contributed by atoms with Gasteiger partial charge in [0.15, 0.2) is 0 Å². The zero-order valence-corrected chi connectivity index (χ0v) is 24.5. The van der Waals surface area contributed by atoms with Crippen molar-refractivity contribution in [2.75, 3.05) is 44.2 Å². The zero-order valence-electron chi connectivity index (χ0n) is 22.1. The number of carbonyl (C=O) groups is 1. The molecular weight excluding hydrogens is 588 g/mol. The smallest absolute Gasteiger partial charge is 0.243 e. The van der Waals surface area contributed by atoms with E-state index in [0.717, 1.165) is 39.7 Å². The number of halogens is 1. The SMILES string of the molecule is O=C(C1CCCN(S(=O)(=O)c2ccccc2-c2ccc(Br)cc2)C1)N1CCN(c2ccnc3ccccc23)CC1. The van der Waals surface area contributed by atoms with E-state index in [-0.39, 0.29) is 23.3 Å². The van der Waals surface area contributed by atoms with E-state index in [2.05, 4.69) is 31.9 Å². The molecule has 9 heteroatoms. The Morgan fingerprint density at radius 1 is 0.850 bits per heavy atom. The van der Waals surface area contributed by atoms with Crippen LogP contribution in [-0.2, 0) is 14.8 Å². The molecule has 4 aromatic rings. The van der Waals surface area contributed by atoms with Crippen LogP contribution in [0.2, 0.25) is 0 Å². The zero-order chi connectivity index (χ0) is 27.7. The molecule has 0 saturated carbocycles. The molecule has 2 saturated heterocycles. The molecule has 2 aliphatic rings. The van der Waals surface area contributed by atoms with Crippen LogP contribution in [0.4, 0.5) is 5.69 Å². The van der Waals surface area contributed by atoms with Gasteiger partial charge in [-0.3, -0.25) is 9.78 Å². The summed E-state index contributed by atoms with van der Waals surface area (Å²) in [5.41, 5.74) is 3.61. The second kappa shape index (κ2) is 11.3. The molecule has 1 atom stereocenters. The van der Waals surface area contributed by atoms with Crippen LogP contribution in [0.5, 0.6) is 0 Å². The van der Waals surface area contributed by atoms with E-state index in [1.807, 2.05) is 71.8 Å². The molecule has 0 bridgehead atoms. The Hall–Kier alpha value is -3.27. The number of sulfonamides is 1. The number of piperidine rings is 1. The van der Waals surface area contributed by atoms with E-state index < -0.39 is 10.0 Å².